The van der Waals surface area contributed by atoms with Crippen LogP contribution < -0.4 is 5.73 Å². The summed E-state index contributed by atoms with van der Waals surface area (Å²) >= 11 is 0. The van der Waals surface area contributed by atoms with Crippen molar-refractivity contribution >= 4 is 11.5 Å². The number of hydrogen-bond acceptors (Lipinski definition) is 2. The van der Waals surface area contributed by atoms with Crippen molar-refractivity contribution in [3.05, 3.63) is 41.2 Å². The number of rotatable bonds is 1. The number of carbonyl (C=O) groups is 1. The molecule has 0 aromatic heterocycles. The summed E-state index contributed by atoms with van der Waals surface area (Å²) in [6.45, 7) is 0. The van der Waals surface area contributed by atoms with Crippen LogP contribution in [0.25, 0.3) is 5.57 Å². The summed E-state index contributed by atoms with van der Waals surface area (Å²) in [6, 6.07) is 4.12. The van der Waals surface area contributed by atoms with E-state index in [0.717, 1.165) is 0 Å². The number of carbonyl (C=O) groups excluding carboxylic acids is 1. The molecule has 0 bridgehead atoms. The summed E-state index contributed by atoms with van der Waals surface area (Å²) in [5.74, 6) is -0.979. The minimum Gasteiger partial charge on any atom is -0.388 e. The van der Waals surface area contributed by atoms with Crippen LogP contribution in [0.15, 0.2) is 24.3 Å². The molecule has 1 aliphatic carbocycles. The summed E-state index contributed by atoms with van der Waals surface area (Å²) < 4.78 is 13.0. The average Bonchev–Trinajstić information content (AvgIpc) is 2.42. The third kappa shape index (κ3) is 1.76. The zero-order valence-electron chi connectivity index (χ0n) is 7.90. The SMILES string of the molecule is NC(=O)/C=C1/CC(O)c2ccc(F)cc21. The lowest BCUT2D eigenvalue weighted by Crippen LogP contribution is -2.06. The highest BCUT2D eigenvalue weighted by Crippen LogP contribution is 2.39. The van der Waals surface area contributed by atoms with E-state index in [1.807, 2.05) is 0 Å². The summed E-state index contributed by atoms with van der Waals surface area (Å²) in [5, 5.41) is 9.64. The second-order valence-corrected chi connectivity index (χ2v) is 3.52. The van der Waals surface area contributed by atoms with Gasteiger partial charge >= 0.3 is 0 Å². The first kappa shape index (κ1) is 9.86. The van der Waals surface area contributed by atoms with E-state index in [0.29, 0.717) is 23.1 Å². The third-order valence-electron chi connectivity index (χ3n) is 2.45. The molecule has 0 heterocycles. The molecule has 1 amide bonds. The largest absolute Gasteiger partial charge is 0.388 e. The molecule has 15 heavy (non-hydrogen) atoms. The second kappa shape index (κ2) is 3.47. The Morgan fingerprint density at radius 2 is 2.33 bits per heavy atom. The van der Waals surface area contributed by atoms with Crippen molar-refractivity contribution in [1.29, 1.82) is 0 Å². The first-order valence-electron chi connectivity index (χ1n) is 4.56. The Hall–Kier alpha value is -1.68. The van der Waals surface area contributed by atoms with Gasteiger partial charge in [-0.05, 0) is 28.8 Å². The fourth-order valence-electron chi connectivity index (χ4n) is 1.83. The number of nitrogens with two attached hydrogens (primary N) is 1. The van der Waals surface area contributed by atoms with Crippen molar-refractivity contribution in [3.63, 3.8) is 0 Å². The van der Waals surface area contributed by atoms with Gasteiger partial charge in [0.1, 0.15) is 5.82 Å². The summed E-state index contributed by atoms with van der Waals surface area (Å²) in [5.41, 5.74) is 6.82. The molecule has 1 atom stereocenters. The van der Waals surface area contributed by atoms with Crippen molar-refractivity contribution in [3.8, 4) is 0 Å². The van der Waals surface area contributed by atoms with Gasteiger partial charge in [-0.25, -0.2) is 4.39 Å². The minimum absolute atomic E-state index is 0.307. The molecule has 0 fully saturated rings. The van der Waals surface area contributed by atoms with Gasteiger partial charge in [-0.2, -0.15) is 0 Å². The number of amides is 1. The molecule has 1 aromatic rings. The van der Waals surface area contributed by atoms with Crippen LogP contribution in [0.4, 0.5) is 4.39 Å². The molecular formula is C11H10FNO2. The Morgan fingerprint density at radius 1 is 1.60 bits per heavy atom. The maximum atomic E-state index is 13.0. The molecular weight excluding hydrogens is 197 g/mol. The van der Waals surface area contributed by atoms with Gasteiger partial charge < -0.3 is 10.8 Å². The standard InChI is InChI=1S/C11H10FNO2/c12-7-1-2-8-9(5-7)6(3-10(8)14)4-11(13)15/h1-2,4-5,10,14H,3H2,(H2,13,15)/b6-4-. The number of primary amides is 1. The van der Waals surface area contributed by atoms with Crippen molar-refractivity contribution in [2.45, 2.75) is 12.5 Å². The van der Waals surface area contributed by atoms with E-state index in [9.17, 15) is 14.3 Å². The molecule has 4 heteroatoms. The quantitative estimate of drug-likeness (QED) is 0.678. The number of aliphatic hydroxyl groups is 1. The number of aliphatic hydroxyl groups excluding tert-OH is 1. The highest BCUT2D eigenvalue weighted by Gasteiger charge is 2.25. The Morgan fingerprint density at radius 3 is 3.00 bits per heavy atom. The first-order chi connectivity index (χ1) is 7.08. The maximum Gasteiger partial charge on any atom is 0.241 e. The molecule has 2 rings (SSSR count). The Labute approximate surface area is 86.0 Å². The van der Waals surface area contributed by atoms with E-state index in [1.165, 1.54) is 24.3 Å². The summed E-state index contributed by atoms with van der Waals surface area (Å²) in [4.78, 5) is 10.7. The lowest BCUT2D eigenvalue weighted by molar-refractivity contribution is -0.113. The minimum atomic E-state index is -0.675. The fourth-order valence-corrected chi connectivity index (χ4v) is 1.83. The lowest BCUT2D eigenvalue weighted by Gasteiger charge is -2.01. The maximum absolute atomic E-state index is 13.0. The van der Waals surface area contributed by atoms with E-state index in [1.54, 1.807) is 0 Å². The summed E-state index contributed by atoms with van der Waals surface area (Å²) in [6.07, 6.45) is 0.863. The van der Waals surface area contributed by atoms with Crippen LogP contribution >= 0.6 is 0 Å². The number of halogens is 1. The Kier molecular flexibility index (Phi) is 2.28. The van der Waals surface area contributed by atoms with Crippen molar-refractivity contribution in [1.82, 2.24) is 0 Å². The van der Waals surface area contributed by atoms with Crippen molar-refractivity contribution in [2.24, 2.45) is 5.73 Å². The predicted molar refractivity (Wildman–Crippen MR) is 53.1 cm³/mol. The first-order valence-corrected chi connectivity index (χ1v) is 4.56. The molecule has 3 nitrogen and oxygen atoms in total. The van der Waals surface area contributed by atoms with Gasteiger partial charge in [-0.15, -0.1) is 0 Å². The topological polar surface area (TPSA) is 63.3 Å². The average molecular weight is 207 g/mol. The van der Waals surface area contributed by atoms with Gasteiger partial charge in [0.2, 0.25) is 5.91 Å². The zero-order chi connectivity index (χ0) is 11.0. The molecule has 1 aliphatic rings. The van der Waals surface area contributed by atoms with Crippen LogP contribution in [0.2, 0.25) is 0 Å². The van der Waals surface area contributed by atoms with Crippen LogP contribution in [0.5, 0.6) is 0 Å². The normalized spacial score (nSPS) is 21.7. The predicted octanol–water partition coefficient (Wildman–Crippen LogP) is 1.13. The van der Waals surface area contributed by atoms with Crippen molar-refractivity contribution < 1.29 is 14.3 Å². The van der Waals surface area contributed by atoms with Gasteiger partial charge in [-0.1, -0.05) is 6.07 Å². The van der Waals surface area contributed by atoms with E-state index >= 15 is 0 Å². The number of hydrogen-bond donors (Lipinski definition) is 2. The third-order valence-corrected chi connectivity index (χ3v) is 2.45. The molecule has 1 unspecified atom stereocenters. The van der Waals surface area contributed by atoms with Gasteiger partial charge in [0.15, 0.2) is 0 Å². The van der Waals surface area contributed by atoms with E-state index in [2.05, 4.69) is 0 Å². The van der Waals surface area contributed by atoms with Gasteiger partial charge in [0.05, 0.1) is 6.10 Å². The molecule has 0 saturated carbocycles. The molecule has 1 aromatic carbocycles. The fraction of sp³-hybridized carbons (Fsp3) is 0.182. The Bertz CT molecular complexity index is 454. The van der Waals surface area contributed by atoms with Crippen LogP contribution in [0, 0.1) is 5.82 Å². The monoisotopic (exact) mass is 207 g/mol. The molecule has 0 spiro atoms. The van der Waals surface area contributed by atoms with Crippen LogP contribution in [-0.2, 0) is 4.79 Å². The lowest BCUT2D eigenvalue weighted by atomic mass is 10.1. The van der Waals surface area contributed by atoms with Crippen LogP contribution in [0.3, 0.4) is 0 Å². The smallest absolute Gasteiger partial charge is 0.241 e. The molecule has 0 saturated heterocycles. The van der Waals surface area contributed by atoms with E-state index in [4.69, 9.17) is 5.73 Å². The Balaban J connectivity index is 2.53. The second-order valence-electron chi connectivity index (χ2n) is 3.52. The zero-order valence-corrected chi connectivity index (χ0v) is 7.90. The molecule has 0 aliphatic heterocycles. The van der Waals surface area contributed by atoms with Gasteiger partial charge in [-0.3, -0.25) is 4.79 Å². The number of benzene rings is 1. The van der Waals surface area contributed by atoms with Gasteiger partial charge in [0.25, 0.3) is 0 Å². The molecule has 0 radical (unpaired) electrons. The molecule has 3 N–H and O–H groups in total. The highest BCUT2D eigenvalue weighted by molar-refractivity contribution is 5.95. The van der Waals surface area contributed by atoms with Gasteiger partial charge in [0, 0.05) is 12.5 Å². The van der Waals surface area contributed by atoms with E-state index in [-0.39, 0.29) is 0 Å². The molecule has 78 valence electrons. The number of fused-ring (bicyclic) bond motifs is 1. The van der Waals surface area contributed by atoms with Crippen molar-refractivity contribution in [2.75, 3.05) is 0 Å². The van der Waals surface area contributed by atoms with Crippen LogP contribution in [-0.4, -0.2) is 11.0 Å². The highest BCUT2D eigenvalue weighted by atomic mass is 19.1. The van der Waals surface area contributed by atoms with E-state index < -0.39 is 17.8 Å². The van der Waals surface area contributed by atoms with Crippen LogP contribution in [0.1, 0.15) is 23.7 Å². The summed E-state index contributed by atoms with van der Waals surface area (Å²) in [7, 11) is 0.